The van der Waals surface area contributed by atoms with Crippen molar-refractivity contribution in [2.75, 3.05) is 65.4 Å². The summed E-state index contributed by atoms with van der Waals surface area (Å²) in [5.41, 5.74) is 19.8. The Balaban J connectivity index is 1.10. The Bertz CT molecular complexity index is 5250. The van der Waals surface area contributed by atoms with E-state index < -0.39 is 241 Å². The number of primary amides is 2. The number of imidazole rings is 1. The zero-order chi connectivity index (χ0) is 99.3. The number of thioether (sulfide) groups is 1. The third-order valence-corrected chi connectivity index (χ3v) is 25.4. The van der Waals surface area contributed by atoms with Crippen LogP contribution in [-0.4, -0.2) is 322 Å². The first-order valence-corrected chi connectivity index (χ1v) is 46.7. The molecule has 9 rings (SSSR count). The number of para-hydroxylation sites is 2. The highest BCUT2D eigenvalue weighted by atomic mass is 32.2. The summed E-state index contributed by atoms with van der Waals surface area (Å²) in [6.45, 7) is 6.05. The fourth-order valence-corrected chi connectivity index (χ4v) is 17.6. The minimum Gasteiger partial charge on any atom is -0.508 e. The number of aromatic hydroxyl groups is 1. The van der Waals surface area contributed by atoms with Crippen LogP contribution in [0.25, 0.3) is 21.8 Å². The molecule has 17 amide bonds. The molecule has 738 valence electrons. The van der Waals surface area contributed by atoms with Crippen LogP contribution in [0.3, 0.4) is 0 Å². The molecule has 45 heteroatoms. The zero-order valence-corrected chi connectivity index (χ0v) is 78.4. The highest BCUT2D eigenvalue weighted by molar-refractivity contribution is 8.00. The van der Waals surface area contributed by atoms with Gasteiger partial charge in [0.05, 0.1) is 37.8 Å². The highest BCUT2D eigenvalue weighted by Crippen LogP contribution is 2.28. The summed E-state index contributed by atoms with van der Waals surface area (Å²) in [5.74, 6) is -18.1. The molecule has 3 aliphatic rings. The molecule has 6 aromatic rings. The van der Waals surface area contributed by atoms with E-state index in [1.165, 1.54) is 69.8 Å². The maximum absolute atomic E-state index is 15.8. The summed E-state index contributed by atoms with van der Waals surface area (Å²) >= 11 is 0.751. The molecule has 0 aliphatic carbocycles. The first-order chi connectivity index (χ1) is 64.8. The standard InChI is InChI=1S/C91H128N24O20S/c1-9-11-24-70-83(128)103-61(23-17-31-97-91(94)95)79(124)110-69(78(123)100-43-75(93)120)46-136-47-76(121)102-65(34-51-27-29-55(117)30-28-51)86(131)111(6)50(5)77(122)106-67(39-74(92)119)89(134)115-44-56(118)38-73(115)85(130)105-63(37-54-42-96-48-101-54)81(126)107-64(33-49(3)4)88(133)114-32-18-26-71(114)84(129)104-62(35-52-40-98-59-21-15-13-19-57(52)59)80(125)109-68(45-116)82(127)108-66(36-53-41-99-60-22-16-14-20-58(53)60)87(132)113(8)72(25-12-10-2)90(135)112(70)7/h13-16,19-22,27-30,40-42,48-50,56,61-73,98-99,116-118H,9-12,17-18,23-26,31-39,43-47H2,1-8H3,(H2,92,119)(H2,93,120)(H,96,101)(H,100,123)(H,102,121)(H,103,128)(H,104,129)(H,105,130)(H,106,122)(H,107,126)(H,108,127)(H,109,125)(H,110,124)(H4,94,95,97)/t50-,56+,61-,62-,63-,64-,65-,66-,67-,68-,69?,70-,71-,72-,73-/m0/s1. The molecule has 0 saturated carbocycles. The highest BCUT2D eigenvalue weighted by Gasteiger charge is 2.47. The number of H-pyrrole nitrogens is 3. The molecule has 3 saturated heterocycles. The van der Waals surface area contributed by atoms with Crippen molar-refractivity contribution >= 4 is 140 Å². The lowest BCUT2D eigenvalue weighted by molar-refractivity contribution is -0.149. The summed E-state index contributed by atoms with van der Waals surface area (Å²) in [6.07, 6.45) is 3.70. The maximum Gasteiger partial charge on any atom is 0.246 e. The van der Waals surface area contributed by atoms with Gasteiger partial charge in [-0.15, -0.1) is 11.8 Å². The van der Waals surface area contributed by atoms with Crippen LogP contribution in [0.2, 0.25) is 0 Å². The van der Waals surface area contributed by atoms with Crippen LogP contribution >= 0.6 is 11.8 Å². The average Bonchev–Trinajstić information content (AvgIpc) is 1.65. The molecule has 136 heavy (non-hydrogen) atoms. The van der Waals surface area contributed by atoms with Crippen LogP contribution in [0.1, 0.15) is 140 Å². The number of aromatic amines is 3. The van der Waals surface area contributed by atoms with Crippen LogP contribution in [0.4, 0.5) is 0 Å². The number of rotatable bonds is 26. The number of unbranched alkanes of at least 4 members (excludes halogenated alkanes) is 2. The molecule has 0 spiro atoms. The molecule has 1 unspecified atom stereocenters. The quantitative estimate of drug-likeness (QED) is 0.0147. The third-order valence-electron chi connectivity index (χ3n) is 24.3. The number of carbonyl (C=O) groups is 17. The number of hydrogen-bond acceptors (Lipinski definition) is 23. The summed E-state index contributed by atoms with van der Waals surface area (Å²) in [4.78, 5) is 269. The van der Waals surface area contributed by atoms with E-state index in [1.54, 1.807) is 74.8 Å². The van der Waals surface area contributed by atoms with Crippen molar-refractivity contribution in [2.24, 2.45) is 23.1 Å². The molecule has 0 bridgehead atoms. The minimum atomic E-state index is -1.89. The summed E-state index contributed by atoms with van der Waals surface area (Å²) < 4.78 is 0. The Morgan fingerprint density at radius 3 is 1.68 bits per heavy atom. The van der Waals surface area contributed by atoms with E-state index in [4.69, 9.17) is 22.6 Å². The fourth-order valence-electron chi connectivity index (χ4n) is 16.8. The monoisotopic (exact) mass is 1910 g/mol. The summed E-state index contributed by atoms with van der Waals surface area (Å²) in [6, 6.07) is -2.22. The summed E-state index contributed by atoms with van der Waals surface area (Å²) in [5, 5.41) is 71.0. The lowest BCUT2D eigenvalue weighted by atomic mass is 10.00. The van der Waals surface area contributed by atoms with Gasteiger partial charge in [-0.3, -0.25) is 86.9 Å². The number of phenolic OH excluding ortho intramolecular Hbond substituents is 1. The Hall–Kier alpha value is -13.7. The van der Waals surface area contributed by atoms with E-state index in [9.17, 15) is 58.5 Å². The number of carbonyl (C=O) groups excluding carboxylic acids is 17. The van der Waals surface area contributed by atoms with Gasteiger partial charge in [0, 0.05) is 125 Å². The van der Waals surface area contributed by atoms with Crippen LogP contribution in [-0.2, 0) is 107 Å². The number of benzene rings is 3. The second-order valence-corrected chi connectivity index (χ2v) is 36.0. The smallest absolute Gasteiger partial charge is 0.246 e. The number of nitrogens with two attached hydrogens (primary N) is 3. The predicted octanol–water partition coefficient (Wildman–Crippen LogP) is -2.93. The van der Waals surface area contributed by atoms with E-state index in [2.05, 4.69) is 78.4 Å². The van der Waals surface area contributed by atoms with Gasteiger partial charge in [-0.2, -0.15) is 0 Å². The maximum atomic E-state index is 15.8. The number of nitrogens with zero attached hydrogens (tertiary/aromatic N) is 6. The van der Waals surface area contributed by atoms with Gasteiger partial charge in [0.25, 0.3) is 0 Å². The average molecular weight is 1910 g/mol. The van der Waals surface area contributed by atoms with Gasteiger partial charge in [0.1, 0.15) is 90.3 Å². The number of phenols is 1. The number of aromatic nitrogens is 4. The fraction of sp³-hybridized carbons (Fsp3) is 0.527. The zero-order valence-electron chi connectivity index (χ0n) is 77.6. The number of amides is 17. The van der Waals surface area contributed by atoms with Crippen LogP contribution in [0.15, 0.2) is 97.7 Å². The van der Waals surface area contributed by atoms with E-state index in [-0.39, 0.29) is 95.4 Å². The Kier molecular flexibility index (Phi) is 39.4. The molecule has 6 heterocycles. The van der Waals surface area contributed by atoms with Crippen LogP contribution in [0.5, 0.6) is 5.75 Å². The van der Waals surface area contributed by atoms with Gasteiger partial charge in [-0.1, -0.05) is 102 Å². The van der Waals surface area contributed by atoms with Crippen molar-refractivity contribution in [3.05, 3.63) is 120 Å². The van der Waals surface area contributed by atoms with Crippen molar-refractivity contribution in [1.29, 1.82) is 5.41 Å². The molecule has 15 atom stereocenters. The second-order valence-electron chi connectivity index (χ2n) is 35.0. The van der Waals surface area contributed by atoms with Crippen molar-refractivity contribution in [3.8, 4) is 5.75 Å². The first-order valence-electron chi connectivity index (χ1n) is 45.6. The van der Waals surface area contributed by atoms with Gasteiger partial charge >= 0.3 is 0 Å². The molecule has 0 radical (unpaired) electrons. The predicted molar refractivity (Wildman–Crippen MR) is 500 cm³/mol. The molecule has 44 nitrogen and oxygen atoms in total. The van der Waals surface area contributed by atoms with Crippen molar-refractivity contribution in [1.82, 2.24) is 103 Å². The number of aliphatic hydroxyl groups excluding tert-OH is 2. The topological polar surface area (TPSA) is 662 Å². The molecule has 24 N–H and O–H groups in total. The number of aliphatic hydroxyl groups is 2. The van der Waals surface area contributed by atoms with Gasteiger partial charge in [0.15, 0.2) is 5.96 Å². The molecular formula is C91H128N24O20S. The van der Waals surface area contributed by atoms with Gasteiger partial charge in [-0.25, -0.2) is 4.98 Å². The normalized spacial score (nSPS) is 24.7. The van der Waals surface area contributed by atoms with Crippen molar-refractivity contribution < 1.29 is 96.8 Å². The second kappa shape index (κ2) is 50.6. The minimum absolute atomic E-state index is 0.00462. The number of likely N-dealkylation sites (N-methyl/N-ethyl adjacent to an activating group) is 3. The Labute approximate surface area is 790 Å². The number of guanidine groups is 1. The largest absolute Gasteiger partial charge is 0.508 e. The SMILES string of the molecule is CCCC[C@H]1C(=O)N(C)[C@@H](CCCC)C(=O)N[C@@H](CCCNC(=N)N)C(=O)NC(C(=O)NCC(N)=O)CSCC(=O)N[C@@H](Cc2ccc(O)cc2)C(=O)N(C)[C@@H](C)C(=O)N[C@@H](CC(N)=O)C(=O)N2C[C@H](O)C[C@H]2C(=O)N[C@@H](Cc2cnc[nH]2)C(=O)N[C@@H](CC(C)C)C(=O)N2CCC[C@H]2C(=O)N[C@@H](Cc2c[nH]c3ccccc23)C(=O)N[C@@H](CO)C(=O)N[C@@H](Cc2c[nH]c3ccccc23)C(=O)N1C. The van der Waals surface area contributed by atoms with E-state index >= 15 is 38.4 Å². The molecule has 3 aromatic heterocycles. The van der Waals surface area contributed by atoms with Crippen LogP contribution in [0, 0.1) is 11.3 Å². The molecule has 3 aromatic carbocycles. The third kappa shape index (κ3) is 29.4. The first kappa shape index (κ1) is 106. The molecule has 3 aliphatic heterocycles. The van der Waals surface area contributed by atoms with E-state index in [0.29, 0.717) is 69.9 Å². The van der Waals surface area contributed by atoms with Crippen molar-refractivity contribution in [2.45, 2.75) is 234 Å². The lowest BCUT2D eigenvalue weighted by Crippen LogP contribution is -2.62. The van der Waals surface area contributed by atoms with Gasteiger partial charge in [0.2, 0.25) is 100 Å². The molecular weight excluding hydrogens is 1780 g/mol. The van der Waals surface area contributed by atoms with Crippen molar-refractivity contribution in [3.63, 3.8) is 0 Å². The summed E-state index contributed by atoms with van der Waals surface area (Å²) in [7, 11) is 3.89. The Morgan fingerprint density at radius 1 is 0.551 bits per heavy atom. The van der Waals surface area contributed by atoms with Gasteiger partial charge < -0.3 is 130 Å². The van der Waals surface area contributed by atoms with Gasteiger partial charge in [-0.05, 0) is 98.7 Å². The number of fused-ring (bicyclic) bond motifs is 4. The number of nitrogens with one attached hydrogen (secondary N) is 15. The van der Waals surface area contributed by atoms with E-state index in [0.717, 1.165) is 31.4 Å². The molecule has 3 fully saturated rings. The number of hydrogen-bond donors (Lipinski definition) is 21. The van der Waals surface area contributed by atoms with E-state index in [1.807, 2.05) is 13.8 Å². The Morgan fingerprint density at radius 2 is 1.09 bits per heavy atom. The van der Waals surface area contributed by atoms with Crippen LogP contribution < -0.4 is 75.7 Å². The lowest BCUT2D eigenvalue weighted by Gasteiger charge is -2.36.